The maximum absolute atomic E-state index is 11.6. The Kier molecular flexibility index (Phi) is 5.97. The second-order valence-corrected chi connectivity index (χ2v) is 5.44. The van der Waals surface area contributed by atoms with E-state index in [0.29, 0.717) is 19.0 Å². The summed E-state index contributed by atoms with van der Waals surface area (Å²) >= 11 is 0. The van der Waals surface area contributed by atoms with E-state index >= 15 is 0 Å². The third-order valence-corrected chi connectivity index (χ3v) is 2.39. The quantitative estimate of drug-likeness (QED) is 0.774. The van der Waals surface area contributed by atoms with Crippen LogP contribution in [0.15, 0.2) is 6.07 Å². The van der Waals surface area contributed by atoms with E-state index < -0.39 is 11.7 Å². The van der Waals surface area contributed by atoms with Crippen LogP contribution in [0.3, 0.4) is 0 Å². The number of nitrogens with one attached hydrogen (secondary N) is 2. The van der Waals surface area contributed by atoms with Crippen molar-refractivity contribution in [1.29, 1.82) is 0 Å². The second kappa shape index (κ2) is 7.25. The van der Waals surface area contributed by atoms with Gasteiger partial charge in [0.1, 0.15) is 5.60 Å². The average molecular weight is 284 g/mol. The summed E-state index contributed by atoms with van der Waals surface area (Å²) in [4.78, 5) is 11.6. The predicted octanol–water partition coefficient (Wildman–Crippen LogP) is 1.50. The summed E-state index contributed by atoms with van der Waals surface area (Å²) in [5.74, 6) is 0.477. The van der Waals surface area contributed by atoms with E-state index in [9.17, 15) is 4.79 Å². The van der Waals surface area contributed by atoms with Gasteiger partial charge < -0.3 is 14.8 Å². The van der Waals surface area contributed by atoms with Crippen LogP contribution in [0.4, 0.5) is 10.6 Å². The summed E-state index contributed by atoms with van der Waals surface area (Å²) in [5, 5.41) is 10.0. The van der Waals surface area contributed by atoms with Crippen molar-refractivity contribution in [2.75, 3.05) is 25.6 Å². The zero-order chi connectivity index (χ0) is 15.2. The average Bonchev–Trinajstić information content (AvgIpc) is 2.62. The number of nitrogens with zero attached hydrogens (tertiary/aromatic N) is 2. The minimum Gasteiger partial charge on any atom is -0.444 e. The maximum atomic E-state index is 11.6. The van der Waals surface area contributed by atoms with Crippen molar-refractivity contribution in [2.24, 2.45) is 7.05 Å². The maximum Gasteiger partial charge on any atom is 0.413 e. The van der Waals surface area contributed by atoms with Crippen molar-refractivity contribution in [2.45, 2.75) is 32.9 Å². The molecule has 0 unspecified atom stereocenters. The van der Waals surface area contributed by atoms with Crippen LogP contribution in [0, 0.1) is 0 Å². The van der Waals surface area contributed by atoms with Gasteiger partial charge in [-0.2, -0.15) is 5.10 Å². The molecule has 1 heterocycles. The van der Waals surface area contributed by atoms with Gasteiger partial charge >= 0.3 is 6.09 Å². The molecule has 0 aliphatic heterocycles. The molecule has 20 heavy (non-hydrogen) atoms. The van der Waals surface area contributed by atoms with Crippen LogP contribution in [0.1, 0.15) is 26.5 Å². The normalized spacial score (nSPS) is 11.4. The number of hydrogen-bond acceptors (Lipinski definition) is 5. The van der Waals surface area contributed by atoms with Crippen LogP contribution in [0.25, 0.3) is 0 Å². The molecule has 0 fully saturated rings. The molecule has 0 radical (unpaired) electrons. The number of ether oxygens (including phenoxy) is 2. The van der Waals surface area contributed by atoms with Gasteiger partial charge in [-0.25, -0.2) is 4.79 Å². The van der Waals surface area contributed by atoms with Gasteiger partial charge in [-0.3, -0.25) is 10.00 Å². The minimum absolute atomic E-state index is 0.477. The summed E-state index contributed by atoms with van der Waals surface area (Å²) < 4.78 is 11.8. The summed E-state index contributed by atoms with van der Waals surface area (Å²) in [5.41, 5.74) is 0.441. The van der Waals surface area contributed by atoms with Gasteiger partial charge in [0.15, 0.2) is 5.82 Å². The van der Waals surface area contributed by atoms with Crippen molar-refractivity contribution < 1.29 is 14.3 Å². The molecule has 1 aromatic heterocycles. The molecule has 2 N–H and O–H groups in total. The number of rotatable bonds is 6. The van der Waals surface area contributed by atoms with E-state index in [4.69, 9.17) is 9.47 Å². The van der Waals surface area contributed by atoms with Crippen LogP contribution in [0.5, 0.6) is 0 Å². The monoisotopic (exact) mass is 284 g/mol. The van der Waals surface area contributed by atoms with Crippen molar-refractivity contribution in [1.82, 2.24) is 15.1 Å². The van der Waals surface area contributed by atoms with E-state index in [1.807, 2.05) is 33.9 Å². The lowest BCUT2D eigenvalue weighted by molar-refractivity contribution is 0.0635. The number of aryl methyl sites for hydroxylation is 1. The Labute approximate surface area is 119 Å². The fourth-order valence-corrected chi connectivity index (χ4v) is 1.53. The molecule has 0 spiro atoms. The standard InChI is InChI=1S/C13H24N4O3/c1-13(2,3)20-12(18)15-11-8-10(17(4)16-11)9-14-6-7-19-5/h8,14H,6-7,9H2,1-5H3,(H,15,16,18). The van der Waals surface area contributed by atoms with Crippen LogP contribution in [0.2, 0.25) is 0 Å². The lowest BCUT2D eigenvalue weighted by atomic mass is 10.2. The molecule has 0 aliphatic rings. The number of methoxy groups -OCH3 is 1. The molecular weight excluding hydrogens is 260 g/mol. The Morgan fingerprint density at radius 1 is 1.45 bits per heavy atom. The summed E-state index contributed by atoms with van der Waals surface area (Å²) in [6, 6.07) is 1.81. The first-order chi connectivity index (χ1) is 9.31. The van der Waals surface area contributed by atoms with Crippen LogP contribution in [-0.2, 0) is 23.1 Å². The van der Waals surface area contributed by atoms with Crippen molar-refractivity contribution >= 4 is 11.9 Å². The van der Waals surface area contributed by atoms with Crippen molar-refractivity contribution in [3.8, 4) is 0 Å². The Hall–Kier alpha value is -1.60. The molecule has 1 amide bonds. The molecule has 0 aliphatic carbocycles. The van der Waals surface area contributed by atoms with E-state index in [-0.39, 0.29) is 0 Å². The fraction of sp³-hybridized carbons (Fsp3) is 0.692. The smallest absolute Gasteiger partial charge is 0.413 e. The second-order valence-electron chi connectivity index (χ2n) is 5.44. The van der Waals surface area contributed by atoms with E-state index in [2.05, 4.69) is 15.7 Å². The van der Waals surface area contributed by atoms with E-state index in [1.54, 1.807) is 11.8 Å². The largest absolute Gasteiger partial charge is 0.444 e. The first-order valence-electron chi connectivity index (χ1n) is 6.54. The fourth-order valence-electron chi connectivity index (χ4n) is 1.53. The number of carbonyl (C=O) groups excluding carboxylic acids is 1. The molecule has 0 saturated carbocycles. The highest BCUT2D eigenvalue weighted by atomic mass is 16.6. The van der Waals surface area contributed by atoms with Gasteiger partial charge in [-0.15, -0.1) is 0 Å². The zero-order valence-electron chi connectivity index (χ0n) is 12.8. The van der Waals surface area contributed by atoms with Crippen LogP contribution in [-0.4, -0.2) is 41.7 Å². The van der Waals surface area contributed by atoms with Gasteiger partial charge in [0.05, 0.1) is 12.3 Å². The summed E-state index contributed by atoms with van der Waals surface area (Å²) in [7, 11) is 3.49. The van der Waals surface area contributed by atoms with Gasteiger partial charge in [0.2, 0.25) is 0 Å². The van der Waals surface area contributed by atoms with E-state index in [1.165, 1.54) is 0 Å². The highest BCUT2D eigenvalue weighted by molar-refractivity contribution is 5.83. The number of anilines is 1. The summed E-state index contributed by atoms with van der Waals surface area (Å²) in [6.07, 6.45) is -0.505. The lowest BCUT2D eigenvalue weighted by Crippen LogP contribution is -2.27. The van der Waals surface area contributed by atoms with E-state index in [0.717, 1.165) is 12.2 Å². The molecule has 0 aromatic carbocycles. The number of carbonyl (C=O) groups is 1. The van der Waals surface area contributed by atoms with Gasteiger partial charge in [-0.05, 0) is 20.8 Å². The Morgan fingerprint density at radius 2 is 2.15 bits per heavy atom. The van der Waals surface area contributed by atoms with Gasteiger partial charge in [0.25, 0.3) is 0 Å². The van der Waals surface area contributed by atoms with Crippen molar-refractivity contribution in [3.63, 3.8) is 0 Å². The zero-order valence-corrected chi connectivity index (χ0v) is 12.8. The Morgan fingerprint density at radius 3 is 2.75 bits per heavy atom. The molecule has 0 saturated heterocycles. The first-order valence-corrected chi connectivity index (χ1v) is 6.54. The van der Waals surface area contributed by atoms with Crippen LogP contribution < -0.4 is 10.6 Å². The third kappa shape index (κ3) is 6.03. The molecule has 7 heteroatoms. The Bertz CT molecular complexity index is 437. The molecule has 114 valence electrons. The topological polar surface area (TPSA) is 77.4 Å². The molecule has 0 atom stereocenters. The highest BCUT2D eigenvalue weighted by Crippen LogP contribution is 2.12. The van der Waals surface area contributed by atoms with Crippen LogP contribution >= 0.6 is 0 Å². The highest BCUT2D eigenvalue weighted by Gasteiger charge is 2.17. The molecular formula is C13H24N4O3. The van der Waals surface area contributed by atoms with Gasteiger partial charge in [0, 0.05) is 33.3 Å². The molecule has 0 bridgehead atoms. The number of aromatic nitrogens is 2. The number of amides is 1. The predicted molar refractivity (Wildman–Crippen MR) is 76.6 cm³/mol. The first kappa shape index (κ1) is 16.5. The minimum atomic E-state index is -0.524. The Balaban J connectivity index is 2.50. The SMILES string of the molecule is COCCNCc1cc(NC(=O)OC(C)(C)C)nn1C. The molecule has 1 aromatic rings. The van der Waals surface area contributed by atoms with Gasteiger partial charge in [-0.1, -0.05) is 0 Å². The van der Waals surface area contributed by atoms with Crippen molar-refractivity contribution in [3.05, 3.63) is 11.8 Å². The molecule has 1 rings (SSSR count). The summed E-state index contributed by atoms with van der Waals surface area (Å²) in [6.45, 7) is 7.52. The third-order valence-electron chi connectivity index (χ3n) is 2.39. The lowest BCUT2D eigenvalue weighted by Gasteiger charge is -2.18. The molecule has 7 nitrogen and oxygen atoms in total. The number of hydrogen-bond donors (Lipinski definition) is 2.